The van der Waals surface area contributed by atoms with Crippen LogP contribution in [-0.2, 0) is 11.3 Å². The molecule has 1 amide bonds. The van der Waals surface area contributed by atoms with E-state index in [4.69, 9.17) is 10.5 Å². The molecule has 0 atom stereocenters. The topological polar surface area (TPSA) is 92.0 Å². The highest BCUT2D eigenvalue weighted by molar-refractivity contribution is 5.80. The maximum atomic E-state index is 10.9. The highest BCUT2D eigenvalue weighted by Gasteiger charge is 2.26. The molecule has 1 saturated carbocycles. The maximum Gasteiger partial charge on any atom is 0.255 e. The third-order valence-electron chi connectivity index (χ3n) is 5.92. The van der Waals surface area contributed by atoms with Gasteiger partial charge in [0.2, 0.25) is 0 Å². The third kappa shape index (κ3) is 6.92. The first-order valence-electron chi connectivity index (χ1n) is 10.9. The molecule has 1 heterocycles. The first kappa shape index (κ1) is 21.4. The number of aliphatic imine (C=N–C) groups is 1. The first-order valence-corrected chi connectivity index (χ1v) is 10.9. The van der Waals surface area contributed by atoms with Crippen molar-refractivity contribution in [1.82, 2.24) is 15.5 Å². The molecule has 0 radical (unpaired) electrons. The van der Waals surface area contributed by atoms with Gasteiger partial charge in [-0.1, -0.05) is 31.4 Å². The molecule has 29 heavy (non-hydrogen) atoms. The number of hydrogen-bond acceptors (Lipinski definition) is 4. The summed E-state index contributed by atoms with van der Waals surface area (Å²) in [6.45, 7) is 2.88. The lowest BCUT2D eigenvalue weighted by Crippen LogP contribution is -2.50. The third-order valence-corrected chi connectivity index (χ3v) is 5.92. The molecule has 7 nitrogen and oxygen atoms in total. The smallest absolute Gasteiger partial charge is 0.255 e. The molecule has 1 aromatic carbocycles. The van der Waals surface area contributed by atoms with Crippen LogP contribution in [0.15, 0.2) is 29.3 Å². The van der Waals surface area contributed by atoms with E-state index in [0.29, 0.717) is 18.3 Å². The Hall–Kier alpha value is -2.28. The SMILES string of the molecule is CN=C(NCc1cccc(OCC(N)=O)c1)NC1CCN(C2CCCCC2)CC1. The van der Waals surface area contributed by atoms with Crippen LogP contribution in [0.3, 0.4) is 0 Å². The summed E-state index contributed by atoms with van der Waals surface area (Å²) in [5, 5.41) is 6.95. The molecule has 1 aromatic rings. The number of carbonyl (C=O) groups is 1. The summed E-state index contributed by atoms with van der Waals surface area (Å²) in [6, 6.07) is 8.92. The Morgan fingerprint density at radius 2 is 1.97 bits per heavy atom. The van der Waals surface area contributed by atoms with Gasteiger partial charge in [0.05, 0.1) is 0 Å². The van der Waals surface area contributed by atoms with Crippen molar-refractivity contribution < 1.29 is 9.53 Å². The number of rotatable bonds is 7. The van der Waals surface area contributed by atoms with Gasteiger partial charge in [-0.05, 0) is 43.4 Å². The van der Waals surface area contributed by atoms with E-state index < -0.39 is 5.91 Å². The highest BCUT2D eigenvalue weighted by atomic mass is 16.5. The first-order chi connectivity index (χ1) is 14.1. The van der Waals surface area contributed by atoms with Crippen LogP contribution in [0.25, 0.3) is 0 Å². The van der Waals surface area contributed by atoms with Crippen LogP contribution in [0.5, 0.6) is 5.75 Å². The van der Waals surface area contributed by atoms with E-state index in [1.165, 1.54) is 45.2 Å². The van der Waals surface area contributed by atoms with Crippen molar-refractivity contribution in [3.8, 4) is 5.75 Å². The lowest BCUT2D eigenvalue weighted by Gasteiger charge is -2.39. The van der Waals surface area contributed by atoms with Gasteiger partial charge in [0.1, 0.15) is 5.75 Å². The molecule has 2 aliphatic rings. The van der Waals surface area contributed by atoms with Crippen LogP contribution in [0.2, 0.25) is 0 Å². The second kappa shape index (κ2) is 11.0. The second-order valence-electron chi connectivity index (χ2n) is 8.07. The molecular weight excluding hydrogens is 366 g/mol. The second-order valence-corrected chi connectivity index (χ2v) is 8.07. The molecule has 160 valence electrons. The van der Waals surface area contributed by atoms with Crippen molar-refractivity contribution in [2.24, 2.45) is 10.7 Å². The van der Waals surface area contributed by atoms with Gasteiger partial charge >= 0.3 is 0 Å². The highest BCUT2D eigenvalue weighted by Crippen LogP contribution is 2.25. The Morgan fingerprint density at radius 3 is 2.66 bits per heavy atom. The van der Waals surface area contributed by atoms with Crippen LogP contribution in [0, 0.1) is 0 Å². The number of amides is 1. The number of benzene rings is 1. The van der Waals surface area contributed by atoms with E-state index in [-0.39, 0.29) is 6.61 Å². The van der Waals surface area contributed by atoms with Crippen molar-refractivity contribution in [2.75, 3.05) is 26.7 Å². The van der Waals surface area contributed by atoms with Crippen molar-refractivity contribution in [1.29, 1.82) is 0 Å². The minimum Gasteiger partial charge on any atom is -0.484 e. The van der Waals surface area contributed by atoms with E-state index in [0.717, 1.165) is 30.4 Å². The molecule has 0 spiro atoms. The summed E-state index contributed by atoms with van der Waals surface area (Å²) in [5.41, 5.74) is 6.19. The monoisotopic (exact) mass is 401 g/mol. The number of piperidine rings is 1. The van der Waals surface area contributed by atoms with E-state index in [1.807, 2.05) is 24.3 Å². The number of carbonyl (C=O) groups excluding carboxylic acids is 1. The molecular formula is C22H35N5O2. The van der Waals surface area contributed by atoms with Gasteiger partial charge in [0.25, 0.3) is 5.91 Å². The minimum absolute atomic E-state index is 0.111. The molecule has 2 fully saturated rings. The van der Waals surface area contributed by atoms with E-state index in [2.05, 4.69) is 20.5 Å². The van der Waals surface area contributed by atoms with Gasteiger partial charge in [0, 0.05) is 38.8 Å². The van der Waals surface area contributed by atoms with Crippen LogP contribution in [-0.4, -0.2) is 55.6 Å². The average molecular weight is 402 g/mol. The Labute approximate surface area is 174 Å². The Balaban J connectivity index is 1.42. The molecule has 1 aliphatic heterocycles. The van der Waals surface area contributed by atoms with Gasteiger partial charge in [-0.15, -0.1) is 0 Å². The molecule has 1 aliphatic carbocycles. The molecule has 3 rings (SSSR count). The van der Waals surface area contributed by atoms with Crippen molar-refractivity contribution >= 4 is 11.9 Å². The lowest BCUT2D eigenvalue weighted by atomic mass is 9.92. The van der Waals surface area contributed by atoms with Crippen LogP contribution in [0.1, 0.15) is 50.5 Å². The summed E-state index contributed by atoms with van der Waals surface area (Å²) in [4.78, 5) is 17.9. The summed E-state index contributed by atoms with van der Waals surface area (Å²) >= 11 is 0. The van der Waals surface area contributed by atoms with Gasteiger partial charge in [0.15, 0.2) is 12.6 Å². The number of likely N-dealkylation sites (tertiary alicyclic amines) is 1. The fourth-order valence-electron chi connectivity index (χ4n) is 4.33. The fourth-order valence-corrected chi connectivity index (χ4v) is 4.33. The number of nitrogens with zero attached hydrogens (tertiary/aromatic N) is 2. The number of ether oxygens (including phenoxy) is 1. The minimum atomic E-state index is -0.479. The maximum absolute atomic E-state index is 10.9. The number of hydrogen-bond donors (Lipinski definition) is 3. The largest absolute Gasteiger partial charge is 0.484 e. The Kier molecular flexibility index (Phi) is 8.16. The number of primary amides is 1. The quantitative estimate of drug-likeness (QED) is 0.480. The number of nitrogens with one attached hydrogen (secondary N) is 2. The lowest BCUT2D eigenvalue weighted by molar-refractivity contribution is -0.119. The number of nitrogens with two attached hydrogens (primary N) is 1. The Morgan fingerprint density at radius 1 is 1.21 bits per heavy atom. The van der Waals surface area contributed by atoms with Crippen molar-refractivity contribution in [3.05, 3.63) is 29.8 Å². The molecule has 1 saturated heterocycles. The molecule has 7 heteroatoms. The summed E-state index contributed by atoms with van der Waals surface area (Å²) < 4.78 is 5.37. The van der Waals surface area contributed by atoms with Gasteiger partial charge < -0.3 is 26.0 Å². The molecule has 0 aromatic heterocycles. The summed E-state index contributed by atoms with van der Waals surface area (Å²) in [5.74, 6) is 0.985. The predicted octanol–water partition coefficient (Wildman–Crippen LogP) is 2.01. The zero-order valence-corrected chi connectivity index (χ0v) is 17.5. The van der Waals surface area contributed by atoms with E-state index >= 15 is 0 Å². The predicted molar refractivity (Wildman–Crippen MR) is 116 cm³/mol. The van der Waals surface area contributed by atoms with E-state index in [9.17, 15) is 4.79 Å². The van der Waals surface area contributed by atoms with Crippen LogP contribution in [0.4, 0.5) is 0 Å². The van der Waals surface area contributed by atoms with Gasteiger partial charge in [-0.25, -0.2) is 0 Å². The van der Waals surface area contributed by atoms with Crippen molar-refractivity contribution in [2.45, 2.75) is 63.6 Å². The van der Waals surface area contributed by atoms with Crippen molar-refractivity contribution in [3.63, 3.8) is 0 Å². The average Bonchev–Trinajstić information content (AvgIpc) is 2.76. The Bertz CT molecular complexity index is 680. The van der Waals surface area contributed by atoms with Crippen LogP contribution >= 0.6 is 0 Å². The molecule has 4 N–H and O–H groups in total. The zero-order valence-electron chi connectivity index (χ0n) is 17.5. The fraction of sp³-hybridized carbons (Fsp3) is 0.636. The standard InChI is InChI=1S/C22H35N5O2/c1-24-22(25-15-17-6-5-9-20(14-17)29-16-21(23)28)26-18-10-12-27(13-11-18)19-7-3-2-4-8-19/h5-6,9,14,18-19H,2-4,7-8,10-13,15-16H2,1H3,(H2,23,28)(H2,24,25,26). The van der Waals surface area contributed by atoms with Crippen LogP contribution < -0.4 is 21.1 Å². The van der Waals surface area contributed by atoms with Gasteiger partial charge in [-0.3, -0.25) is 9.79 Å². The van der Waals surface area contributed by atoms with E-state index in [1.54, 1.807) is 7.05 Å². The number of guanidine groups is 1. The normalized spacial score (nSPS) is 19.7. The van der Waals surface area contributed by atoms with Gasteiger partial charge in [-0.2, -0.15) is 0 Å². The molecule has 0 unspecified atom stereocenters. The zero-order chi connectivity index (χ0) is 20.5. The summed E-state index contributed by atoms with van der Waals surface area (Å²) in [7, 11) is 1.80. The summed E-state index contributed by atoms with van der Waals surface area (Å²) in [6.07, 6.45) is 9.29. The molecule has 0 bridgehead atoms.